The van der Waals surface area contributed by atoms with Gasteiger partial charge in [0.1, 0.15) is 5.01 Å². The standard InChI is InChI=1S/C25H25F2N3OSSi/c1-17-29-30-24(32-17)21-15-18(22(26)28-23(21)27)16-31-33(25(2,3)4,19-11-7-5-8-12-19)20-13-9-6-10-14-20/h5-15H,16H2,1-4H3. The van der Waals surface area contributed by atoms with Gasteiger partial charge in [0.2, 0.25) is 11.9 Å². The van der Waals surface area contributed by atoms with Crippen LogP contribution in [-0.2, 0) is 11.0 Å². The first-order valence-electron chi connectivity index (χ1n) is 10.6. The maximum atomic E-state index is 14.8. The van der Waals surface area contributed by atoms with E-state index in [1.54, 1.807) is 6.92 Å². The number of pyridine rings is 1. The van der Waals surface area contributed by atoms with Crippen molar-refractivity contribution in [3.63, 3.8) is 0 Å². The van der Waals surface area contributed by atoms with Crippen LogP contribution in [0, 0.1) is 18.8 Å². The van der Waals surface area contributed by atoms with Gasteiger partial charge in [0, 0.05) is 5.56 Å². The predicted molar refractivity (Wildman–Crippen MR) is 130 cm³/mol. The lowest BCUT2D eigenvalue weighted by Crippen LogP contribution is -2.66. The topological polar surface area (TPSA) is 47.9 Å². The van der Waals surface area contributed by atoms with E-state index in [1.807, 2.05) is 36.4 Å². The first-order chi connectivity index (χ1) is 15.7. The molecule has 0 radical (unpaired) electrons. The van der Waals surface area contributed by atoms with Crippen molar-refractivity contribution >= 4 is 30.0 Å². The number of aryl methyl sites for hydroxylation is 1. The molecule has 0 aliphatic heterocycles. The van der Waals surface area contributed by atoms with E-state index in [0.29, 0.717) is 10.0 Å². The predicted octanol–water partition coefficient (Wildman–Crippen LogP) is 5.26. The van der Waals surface area contributed by atoms with Crippen LogP contribution in [0.25, 0.3) is 10.6 Å². The Balaban J connectivity index is 1.80. The Bertz CT molecular complexity index is 1200. The minimum atomic E-state index is -2.87. The Morgan fingerprint density at radius 2 is 1.45 bits per heavy atom. The molecule has 4 nitrogen and oxygen atoms in total. The Kier molecular flexibility index (Phi) is 6.51. The first kappa shape index (κ1) is 23.3. The van der Waals surface area contributed by atoms with E-state index in [1.165, 1.54) is 17.4 Å². The third-order valence-electron chi connectivity index (χ3n) is 5.62. The molecule has 0 unspecified atom stereocenters. The summed E-state index contributed by atoms with van der Waals surface area (Å²) in [4.78, 5) is 3.51. The molecule has 0 aliphatic rings. The minimum absolute atomic E-state index is 0.0445. The summed E-state index contributed by atoms with van der Waals surface area (Å²) in [5.74, 6) is -1.78. The minimum Gasteiger partial charge on any atom is -0.403 e. The molecule has 8 heteroatoms. The molecule has 2 aromatic heterocycles. The summed E-state index contributed by atoms with van der Waals surface area (Å²) in [5.41, 5.74) is 0.315. The summed E-state index contributed by atoms with van der Waals surface area (Å²) in [7, 11) is -2.87. The molecule has 2 aromatic carbocycles. The number of hydrogen-bond donors (Lipinski definition) is 0. The van der Waals surface area contributed by atoms with E-state index in [4.69, 9.17) is 4.43 Å². The van der Waals surface area contributed by atoms with Crippen molar-refractivity contribution in [1.82, 2.24) is 15.2 Å². The van der Waals surface area contributed by atoms with Crippen molar-refractivity contribution < 1.29 is 13.2 Å². The van der Waals surface area contributed by atoms with Crippen molar-refractivity contribution in [2.45, 2.75) is 39.3 Å². The molecular formula is C25H25F2N3OSSi. The fourth-order valence-electron chi connectivity index (χ4n) is 4.12. The molecule has 0 atom stereocenters. The van der Waals surface area contributed by atoms with Gasteiger partial charge < -0.3 is 4.43 Å². The highest BCUT2D eigenvalue weighted by atomic mass is 32.1. The van der Waals surface area contributed by atoms with Gasteiger partial charge in [-0.1, -0.05) is 92.8 Å². The van der Waals surface area contributed by atoms with Gasteiger partial charge in [-0.2, -0.15) is 13.8 Å². The first-order valence-corrected chi connectivity index (χ1v) is 13.4. The smallest absolute Gasteiger partial charge is 0.261 e. The average Bonchev–Trinajstić information content (AvgIpc) is 3.22. The summed E-state index contributed by atoms with van der Waals surface area (Å²) >= 11 is 1.23. The van der Waals surface area contributed by atoms with Crippen LogP contribution in [0.5, 0.6) is 0 Å². The molecule has 0 fully saturated rings. The maximum Gasteiger partial charge on any atom is 0.261 e. The number of hydrogen-bond acceptors (Lipinski definition) is 5. The second-order valence-corrected chi connectivity index (χ2v) is 14.3. The van der Waals surface area contributed by atoms with E-state index in [9.17, 15) is 8.78 Å². The van der Waals surface area contributed by atoms with Gasteiger partial charge in [0.25, 0.3) is 8.32 Å². The highest BCUT2D eigenvalue weighted by Gasteiger charge is 2.50. The van der Waals surface area contributed by atoms with E-state index >= 15 is 0 Å². The molecule has 0 amide bonds. The van der Waals surface area contributed by atoms with E-state index in [0.717, 1.165) is 10.4 Å². The zero-order valence-electron chi connectivity index (χ0n) is 19.0. The SMILES string of the molecule is Cc1nnc(-c2cc(CO[Si](c3ccccc3)(c3ccccc3)C(C)(C)C)c(F)nc2F)s1. The monoisotopic (exact) mass is 481 g/mol. The highest BCUT2D eigenvalue weighted by Crippen LogP contribution is 2.37. The fraction of sp³-hybridized carbons (Fsp3) is 0.240. The van der Waals surface area contributed by atoms with Crippen molar-refractivity contribution in [2.24, 2.45) is 0 Å². The van der Waals surface area contributed by atoms with E-state index < -0.39 is 20.2 Å². The molecule has 0 bridgehead atoms. The van der Waals surface area contributed by atoms with Gasteiger partial charge in [0.05, 0.1) is 12.2 Å². The number of benzene rings is 2. The zero-order valence-corrected chi connectivity index (χ0v) is 20.8. The molecule has 2 heterocycles. The maximum absolute atomic E-state index is 14.8. The highest BCUT2D eigenvalue weighted by molar-refractivity contribution is 7.14. The van der Waals surface area contributed by atoms with Crippen molar-refractivity contribution in [2.75, 3.05) is 0 Å². The molecule has 0 aliphatic carbocycles. The Labute approximate surface area is 197 Å². The van der Waals surface area contributed by atoms with E-state index in [-0.39, 0.29) is 22.8 Å². The lowest BCUT2D eigenvalue weighted by atomic mass is 10.2. The lowest BCUT2D eigenvalue weighted by molar-refractivity contribution is 0.278. The summed E-state index contributed by atoms with van der Waals surface area (Å²) in [6.07, 6.45) is 0. The molecular weight excluding hydrogens is 456 g/mol. The molecule has 4 rings (SSSR count). The van der Waals surface area contributed by atoms with Crippen LogP contribution in [0.2, 0.25) is 5.04 Å². The van der Waals surface area contributed by atoms with Crippen LogP contribution in [0.4, 0.5) is 8.78 Å². The fourth-order valence-corrected chi connectivity index (χ4v) is 9.34. The van der Waals surface area contributed by atoms with Crippen molar-refractivity contribution in [3.8, 4) is 10.6 Å². The molecule has 0 saturated heterocycles. The second-order valence-electron chi connectivity index (χ2n) is 8.85. The van der Waals surface area contributed by atoms with Gasteiger partial charge in [0.15, 0.2) is 5.01 Å². The number of aromatic nitrogens is 3. The van der Waals surface area contributed by atoms with Crippen LogP contribution < -0.4 is 10.4 Å². The van der Waals surface area contributed by atoms with Gasteiger partial charge >= 0.3 is 0 Å². The quantitative estimate of drug-likeness (QED) is 0.278. The molecule has 0 spiro atoms. The second kappa shape index (κ2) is 9.21. The third kappa shape index (κ3) is 4.51. The van der Waals surface area contributed by atoms with Gasteiger partial charge in [-0.05, 0) is 28.4 Å². The normalized spacial score (nSPS) is 12.2. The van der Waals surface area contributed by atoms with Gasteiger partial charge in [-0.3, -0.25) is 0 Å². The van der Waals surface area contributed by atoms with Crippen molar-refractivity contribution in [1.29, 1.82) is 0 Å². The number of rotatable bonds is 6. The van der Waals surface area contributed by atoms with Gasteiger partial charge in [-0.25, -0.2) is 0 Å². The number of nitrogens with zero attached hydrogens (tertiary/aromatic N) is 3. The molecule has 170 valence electrons. The Morgan fingerprint density at radius 3 is 1.94 bits per heavy atom. The van der Waals surface area contributed by atoms with Crippen LogP contribution in [0.3, 0.4) is 0 Å². The molecule has 0 N–H and O–H groups in total. The number of halogens is 2. The largest absolute Gasteiger partial charge is 0.403 e. The average molecular weight is 482 g/mol. The zero-order chi connectivity index (χ0) is 23.6. The Hall–Kier alpha value is -2.81. The van der Waals surface area contributed by atoms with E-state index in [2.05, 4.69) is 60.2 Å². The summed E-state index contributed by atoms with van der Waals surface area (Å²) < 4.78 is 36.0. The lowest BCUT2D eigenvalue weighted by Gasteiger charge is -2.43. The van der Waals surface area contributed by atoms with Crippen LogP contribution in [0.15, 0.2) is 66.7 Å². The summed E-state index contributed by atoms with van der Waals surface area (Å²) in [6.45, 7) is 8.18. The molecule has 33 heavy (non-hydrogen) atoms. The Morgan fingerprint density at radius 1 is 0.879 bits per heavy atom. The summed E-state index contributed by atoms with van der Waals surface area (Å²) in [5, 5.41) is 10.9. The van der Waals surface area contributed by atoms with Crippen LogP contribution in [-0.4, -0.2) is 23.5 Å². The van der Waals surface area contributed by atoms with Gasteiger partial charge in [-0.15, -0.1) is 10.2 Å². The van der Waals surface area contributed by atoms with Crippen LogP contribution >= 0.6 is 11.3 Å². The molecule has 4 aromatic rings. The third-order valence-corrected chi connectivity index (χ3v) is 11.5. The summed E-state index contributed by atoms with van der Waals surface area (Å²) in [6, 6.07) is 21.6. The van der Waals surface area contributed by atoms with Crippen molar-refractivity contribution in [3.05, 3.63) is 89.2 Å². The van der Waals surface area contributed by atoms with Crippen LogP contribution in [0.1, 0.15) is 31.3 Å². The molecule has 0 saturated carbocycles.